The first kappa shape index (κ1) is 17.3. The van der Waals surface area contributed by atoms with Gasteiger partial charge in [0.25, 0.3) is 0 Å². The van der Waals surface area contributed by atoms with Crippen LogP contribution in [0.3, 0.4) is 0 Å². The van der Waals surface area contributed by atoms with Crippen LogP contribution in [-0.2, 0) is 21.0 Å². The summed E-state index contributed by atoms with van der Waals surface area (Å²) in [5.41, 5.74) is 0.974. The standard InChI is InChI=1S/C14H19N3O5/c1-15-13(19)16(2)17(3)14(20)22-21-12(18)10-9-11-7-5-4-6-8-11/h4-8H,9-10H2,1-3H3,(H,15,19). The van der Waals surface area contributed by atoms with Crippen molar-refractivity contribution < 1.29 is 24.2 Å². The van der Waals surface area contributed by atoms with E-state index in [-0.39, 0.29) is 6.42 Å². The third-order valence-corrected chi connectivity index (χ3v) is 2.89. The number of hydrogen-bond donors (Lipinski definition) is 1. The maximum Gasteiger partial charge on any atom is 0.471 e. The van der Waals surface area contributed by atoms with Gasteiger partial charge in [-0.1, -0.05) is 30.3 Å². The maximum atomic E-state index is 11.6. The van der Waals surface area contributed by atoms with Gasteiger partial charge in [0.05, 0.1) is 6.42 Å². The number of hydrazine groups is 1. The van der Waals surface area contributed by atoms with Crippen LogP contribution in [0.2, 0.25) is 0 Å². The summed E-state index contributed by atoms with van der Waals surface area (Å²) < 4.78 is 0. The third-order valence-electron chi connectivity index (χ3n) is 2.89. The molecule has 0 saturated heterocycles. The van der Waals surface area contributed by atoms with Gasteiger partial charge in [0.15, 0.2) is 0 Å². The molecule has 22 heavy (non-hydrogen) atoms. The van der Waals surface area contributed by atoms with E-state index in [0.717, 1.165) is 15.6 Å². The number of nitrogens with zero attached hydrogens (tertiary/aromatic N) is 2. The van der Waals surface area contributed by atoms with E-state index < -0.39 is 18.1 Å². The Morgan fingerprint density at radius 2 is 1.68 bits per heavy atom. The van der Waals surface area contributed by atoms with E-state index in [1.165, 1.54) is 21.1 Å². The minimum absolute atomic E-state index is 0.0757. The first-order valence-electron chi connectivity index (χ1n) is 6.60. The molecule has 1 aromatic rings. The summed E-state index contributed by atoms with van der Waals surface area (Å²) >= 11 is 0. The minimum Gasteiger partial charge on any atom is -0.340 e. The van der Waals surface area contributed by atoms with Gasteiger partial charge in [-0.3, -0.25) is 0 Å². The minimum atomic E-state index is -0.987. The second-order valence-corrected chi connectivity index (χ2v) is 4.39. The Labute approximate surface area is 128 Å². The number of aryl methyl sites for hydroxylation is 1. The number of rotatable bonds is 3. The summed E-state index contributed by atoms with van der Waals surface area (Å²) in [6, 6.07) is 8.85. The zero-order valence-electron chi connectivity index (χ0n) is 12.7. The zero-order chi connectivity index (χ0) is 16.5. The average molecular weight is 309 g/mol. The molecular formula is C14H19N3O5. The number of carbonyl (C=O) groups excluding carboxylic acids is 3. The van der Waals surface area contributed by atoms with Crippen LogP contribution in [0.1, 0.15) is 12.0 Å². The van der Waals surface area contributed by atoms with Crippen LogP contribution in [0.25, 0.3) is 0 Å². The van der Waals surface area contributed by atoms with E-state index in [9.17, 15) is 14.4 Å². The Morgan fingerprint density at radius 1 is 1.05 bits per heavy atom. The summed E-state index contributed by atoms with van der Waals surface area (Å²) in [5.74, 6) is -0.673. The van der Waals surface area contributed by atoms with Crippen LogP contribution in [0.15, 0.2) is 30.3 Å². The van der Waals surface area contributed by atoms with Crippen molar-refractivity contribution in [3.8, 4) is 0 Å². The summed E-state index contributed by atoms with van der Waals surface area (Å²) in [5, 5.41) is 4.17. The highest BCUT2D eigenvalue weighted by molar-refractivity contribution is 5.77. The van der Waals surface area contributed by atoms with Crippen molar-refractivity contribution in [3.63, 3.8) is 0 Å². The van der Waals surface area contributed by atoms with Gasteiger partial charge in [0.1, 0.15) is 0 Å². The van der Waals surface area contributed by atoms with Crippen LogP contribution < -0.4 is 5.32 Å². The normalized spacial score (nSPS) is 9.59. The lowest BCUT2D eigenvalue weighted by atomic mass is 10.1. The van der Waals surface area contributed by atoms with Crippen molar-refractivity contribution in [2.75, 3.05) is 21.1 Å². The first-order chi connectivity index (χ1) is 10.5. The van der Waals surface area contributed by atoms with Crippen molar-refractivity contribution in [2.45, 2.75) is 12.8 Å². The van der Waals surface area contributed by atoms with Crippen molar-refractivity contribution in [3.05, 3.63) is 35.9 Å². The van der Waals surface area contributed by atoms with Crippen molar-refractivity contribution in [2.24, 2.45) is 0 Å². The lowest BCUT2D eigenvalue weighted by Crippen LogP contribution is -2.48. The molecule has 0 unspecified atom stereocenters. The Kier molecular flexibility index (Phi) is 6.68. The fraction of sp³-hybridized carbons (Fsp3) is 0.357. The molecule has 0 spiro atoms. The molecular weight excluding hydrogens is 290 g/mol. The molecule has 0 saturated carbocycles. The zero-order valence-corrected chi connectivity index (χ0v) is 12.7. The summed E-state index contributed by atoms with van der Waals surface area (Å²) in [4.78, 5) is 43.2. The van der Waals surface area contributed by atoms with E-state index in [2.05, 4.69) is 15.1 Å². The van der Waals surface area contributed by atoms with Gasteiger partial charge in [-0.25, -0.2) is 34.2 Å². The summed E-state index contributed by atoms with van der Waals surface area (Å²) in [6.07, 6.45) is -0.434. The van der Waals surface area contributed by atoms with Gasteiger partial charge in [-0.2, -0.15) is 0 Å². The molecule has 0 aliphatic carbocycles. The number of urea groups is 1. The molecule has 8 nitrogen and oxygen atoms in total. The monoisotopic (exact) mass is 309 g/mol. The van der Waals surface area contributed by atoms with E-state index in [1.54, 1.807) is 0 Å². The predicted octanol–water partition coefficient (Wildman–Crippen LogP) is 1.33. The highest BCUT2D eigenvalue weighted by Crippen LogP contribution is 2.04. The largest absolute Gasteiger partial charge is 0.471 e. The van der Waals surface area contributed by atoms with E-state index in [4.69, 9.17) is 0 Å². The quantitative estimate of drug-likeness (QED) is 0.672. The van der Waals surface area contributed by atoms with Gasteiger partial charge < -0.3 is 5.32 Å². The average Bonchev–Trinajstić information content (AvgIpc) is 2.56. The second-order valence-electron chi connectivity index (χ2n) is 4.39. The van der Waals surface area contributed by atoms with Crippen LogP contribution in [0.4, 0.5) is 9.59 Å². The Bertz CT molecular complexity index is 520. The summed E-state index contributed by atoms with van der Waals surface area (Å²) in [7, 11) is 4.08. The van der Waals surface area contributed by atoms with Crippen molar-refractivity contribution in [1.29, 1.82) is 0 Å². The van der Waals surface area contributed by atoms with Crippen LogP contribution in [0, 0.1) is 0 Å². The van der Waals surface area contributed by atoms with Gasteiger partial charge in [-0.15, -0.1) is 0 Å². The predicted molar refractivity (Wildman–Crippen MR) is 77.3 cm³/mol. The van der Waals surface area contributed by atoms with Gasteiger partial charge in [0.2, 0.25) is 0 Å². The fourth-order valence-corrected chi connectivity index (χ4v) is 1.49. The molecule has 0 bridgehead atoms. The Morgan fingerprint density at radius 3 is 2.27 bits per heavy atom. The highest BCUT2D eigenvalue weighted by Gasteiger charge is 2.21. The number of amides is 3. The molecule has 1 rings (SSSR count). The number of nitrogens with one attached hydrogen (secondary N) is 1. The molecule has 1 N–H and O–H groups in total. The van der Waals surface area contributed by atoms with E-state index >= 15 is 0 Å². The third kappa shape index (κ3) is 5.31. The molecule has 120 valence electrons. The molecule has 0 radical (unpaired) electrons. The molecule has 8 heteroatoms. The van der Waals surface area contributed by atoms with E-state index in [0.29, 0.717) is 6.42 Å². The van der Waals surface area contributed by atoms with E-state index in [1.807, 2.05) is 30.3 Å². The topological polar surface area (TPSA) is 88.2 Å². The Balaban J connectivity index is 2.34. The SMILES string of the molecule is CNC(=O)N(C)N(C)C(=O)OOC(=O)CCc1ccccc1. The molecule has 1 aromatic carbocycles. The fourth-order valence-electron chi connectivity index (χ4n) is 1.49. The molecule has 0 fully saturated rings. The van der Waals surface area contributed by atoms with Crippen molar-refractivity contribution in [1.82, 2.24) is 15.3 Å². The molecule has 0 aliphatic rings. The van der Waals surface area contributed by atoms with Crippen LogP contribution in [-0.4, -0.2) is 49.3 Å². The summed E-state index contributed by atoms with van der Waals surface area (Å²) in [6.45, 7) is 0. The number of benzene rings is 1. The number of hydrogen-bond acceptors (Lipinski definition) is 5. The smallest absolute Gasteiger partial charge is 0.340 e. The second kappa shape index (κ2) is 8.50. The van der Waals surface area contributed by atoms with Gasteiger partial charge in [0, 0.05) is 21.1 Å². The van der Waals surface area contributed by atoms with Crippen molar-refractivity contribution >= 4 is 18.1 Å². The first-order valence-corrected chi connectivity index (χ1v) is 6.60. The lowest BCUT2D eigenvalue weighted by molar-refractivity contribution is -0.240. The lowest BCUT2D eigenvalue weighted by Gasteiger charge is -2.25. The van der Waals surface area contributed by atoms with Crippen LogP contribution in [0.5, 0.6) is 0 Å². The van der Waals surface area contributed by atoms with Crippen LogP contribution >= 0.6 is 0 Å². The highest BCUT2D eigenvalue weighted by atomic mass is 17.2. The van der Waals surface area contributed by atoms with Gasteiger partial charge >= 0.3 is 18.1 Å². The molecule has 3 amide bonds. The molecule has 0 heterocycles. The molecule has 0 aliphatic heterocycles. The molecule has 0 atom stereocenters. The van der Waals surface area contributed by atoms with Gasteiger partial charge in [-0.05, 0) is 12.0 Å². The number of carbonyl (C=O) groups is 3. The Hall–Kier alpha value is -2.77. The molecule has 0 aromatic heterocycles. The maximum absolute atomic E-state index is 11.6.